The summed E-state index contributed by atoms with van der Waals surface area (Å²) in [6.07, 6.45) is 1.85. The normalized spacial score (nSPS) is 45.9. The van der Waals surface area contributed by atoms with Gasteiger partial charge in [-0.1, -0.05) is 0 Å². The van der Waals surface area contributed by atoms with Crippen LogP contribution in [0.3, 0.4) is 0 Å². The summed E-state index contributed by atoms with van der Waals surface area (Å²) in [4.78, 5) is 11.8. The summed E-state index contributed by atoms with van der Waals surface area (Å²) in [5.41, 5.74) is -0.290. The summed E-state index contributed by atoms with van der Waals surface area (Å²) in [5.74, 6) is -0.0944. The van der Waals surface area contributed by atoms with Crippen molar-refractivity contribution in [2.45, 2.75) is 57.7 Å². The number of hydrogen-bond donors (Lipinski definition) is 0. The maximum Gasteiger partial charge on any atom is 0.314 e. The molecule has 5 atom stereocenters. The fourth-order valence-electron chi connectivity index (χ4n) is 3.09. The Hall–Kier alpha value is -0.610. The quantitative estimate of drug-likeness (QED) is 0.635. The van der Waals surface area contributed by atoms with Crippen LogP contribution in [0.2, 0.25) is 0 Å². The lowest BCUT2D eigenvalue weighted by atomic mass is 9.80. The summed E-state index contributed by atoms with van der Waals surface area (Å²) < 4.78 is 16.9. The predicted molar refractivity (Wildman–Crippen MR) is 55.6 cm³/mol. The molecule has 3 saturated heterocycles. The summed E-state index contributed by atoms with van der Waals surface area (Å²) in [5, 5.41) is 0. The molecule has 16 heavy (non-hydrogen) atoms. The van der Waals surface area contributed by atoms with Gasteiger partial charge in [-0.2, -0.15) is 0 Å². The van der Waals surface area contributed by atoms with E-state index < -0.39 is 6.29 Å². The summed E-state index contributed by atoms with van der Waals surface area (Å²) in [7, 11) is 0. The first kappa shape index (κ1) is 10.5. The van der Waals surface area contributed by atoms with Crippen LogP contribution in [0.1, 0.15) is 33.6 Å². The molecule has 0 radical (unpaired) electrons. The van der Waals surface area contributed by atoms with Crippen LogP contribution < -0.4 is 0 Å². The van der Waals surface area contributed by atoms with E-state index in [0.29, 0.717) is 0 Å². The zero-order chi connectivity index (χ0) is 11.5. The standard InChI is InChI=1S/C12H18O4/c1-12(2,3)16-11-9-7-5-4-6(14-7)8(9)10(13)15-11/h6-9,11H,4-5H2,1-3H3/t6-,7+,8-,9+,11-/m1/s1. The Kier molecular flexibility index (Phi) is 2.11. The second-order valence-electron chi connectivity index (χ2n) is 5.93. The molecule has 3 heterocycles. The Morgan fingerprint density at radius 3 is 2.62 bits per heavy atom. The van der Waals surface area contributed by atoms with Gasteiger partial charge in [0.15, 0.2) is 0 Å². The summed E-state index contributed by atoms with van der Waals surface area (Å²) >= 11 is 0. The van der Waals surface area contributed by atoms with Crippen LogP contribution in [0.4, 0.5) is 0 Å². The van der Waals surface area contributed by atoms with Gasteiger partial charge in [0.05, 0.1) is 29.6 Å². The molecular weight excluding hydrogens is 208 g/mol. The molecule has 0 saturated carbocycles. The molecule has 0 amide bonds. The van der Waals surface area contributed by atoms with Crippen LogP contribution in [0.5, 0.6) is 0 Å². The molecule has 0 spiro atoms. The van der Waals surface area contributed by atoms with Gasteiger partial charge in [0.25, 0.3) is 0 Å². The molecule has 90 valence electrons. The second kappa shape index (κ2) is 3.20. The average Bonchev–Trinajstić information content (AvgIpc) is 2.76. The third-order valence-electron chi connectivity index (χ3n) is 3.62. The Morgan fingerprint density at radius 2 is 1.94 bits per heavy atom. The van der Waals surface area contributed by atoms with Crippen molar-refractivity contribution in [2.24, 2.45) is 11.8 Å². The maximum absolute atomic E-state index is 11.8. The molecule has 3 aliphatic heterocycles. The molecule has 4 heteroatoms. The van der Waals surface area contributed by atoms with Crippen molar-refractivity contribution in [1.29, 1.82) is 0 Å². The third kappa shape index (κ3) is 1.47. The van der Waals surface area contributed by atoms with Gasteiger partial charge in [-0.15, -0.1) is 0 Å². The van der Waals surface area contributed by atoms with E-state index >= 15 is 0 Å². The molecule has 0 aromatic heterocycles. The molecule has 0 unspecified atom stereocenters. The van der Waals surface area contributed by atoms with E-state index in [-0.39, 0.29) is 35.6 Å². The lowest BCUT2D eigenvalue weighted by molar-refractivity contribution is -0.202. The maximum atomic E-state index is 11.8. The Bertz CT molecular complexity index is 319. The van der Waals surface area contributed by atoms with Crippen LogP contribution >= 0.6 is 0 Å². The number of rotatable bonds is 1. The van der Waals surface area contributed by atoms with Crippen molar-refractivity contribution in [3.63, 3.8) is 0 Å². The molecule has 4 nitrogen and oxygen atoms in total. The van der Waals surface area contributed by atoms with E-state index in [2.05, 4.69) is 0 Å². The zero-order valence-corrected chi connectivity index (χ0v) is 9.93. The van der Waals surface area contributed by atoms with E-state index in [4.69, 9.17) is 14.2 Å². The van der Waals surface area contributed by atoms with Crippen LogP contribution in [-0.4, -0.2) is 30.1 Å². The highest BCUT2D eigenvalue weighted by molar-refractivity contribution is 5.76. The van der Waals surface area contributed by atoms with E-state index in [0.717, 1.165) is 12.8 Å². The van der Waals surface area contributed by atoms with Crippen molar-refractivity contribution < 1.29 is 19.0 Å². The van der Waals surface area contributed by atoms with E-state index in [1.54, 1.807) is 0 Å². The van der Waals surface area contributed by atoms with Crippen molar-refractivity contribution in [1.82, 2.24) is 0 Å². The minimum Gasteiger partial charge on any atom is -0.435 e. The van der Waals surface area contributed by atoms with Gasteiger partial charge in [0.2, 0.25) is 6.29 Å². The molecule has 2 bridgehead atoms. The van der Waals surface area contributed by atoms with Gasteiger partial charge in [-0.25, -0.2) is 0 Å². The molecule has 3 rings (SSSR count). The fraction of sp³-hybridized carbons (Fsp3) is 0.917. The molecule has 0 aromatic carbocycles. The highest BCUT2D eigenvalue weighted by Crippen LogP contribution is 2.50. The van der Waals surface area contributed by atoms with E-state index in [1.165, 1.54) is 0 Å². The number of hydrogen-bond acceptors (Lipinski definition) is 4. The van der Waals surface area contributed by atoms with Gasteiger partial charge in [-0.05, 0) is 33.6 Å². The number of cyclic esters (lactones) is 1. The first-order chi connectivity index (χ1) is 7.46. The molecule has 0 aliphatic carbocycles. The fourth-order valence-corrected chi connectivity index (χ4v) is 3.09. The summed E-state index contributed by atoms with van der Waals surface area (Å²) in [6.45, 7) is 5.92. The third-order valence-corrected chi connectivity index (χ3v) is 3.62. The number of ether oxygens (including phenoxy) is 3. The Labute approximate surface area is 95.2 Å². The zero-order valence-electron chi connectivity index (χ0n) is 9.93. The van der Waals surface area contributed by atoms with E-state index in [1.807, 2.05) is 20.8 Å². The second-order valence-corrected chi connectivity index (χ2v) is 5.93. The monoisotopic (exact) mass is 226 g/mol. The SMILES string of the molecule is CC(C)(C)O[C@H]1OC(=O)[C@H]2[C@@H]1[C@@H]1CC[C@H]2O1. The average molecular weight is 226 g/mol. The highest BCUT2D eigenvalue weighted by Gasteiger charge is 2.61. The number of fused-ring (bicyclic) bond motifs is 5. The molecule has 0 aromatic rings. The van der Waals surface area contributed by atoms with E-state index in [9.17, 15) is 4.79 Å². The van der Waals surface area contributed by atoms with Crippen molar-refractivity contribution in [2.75, 3.05) is 0 Å². The summed E-state index contributed by atoms with van der Waals surface area (Å²) in [6, 6.07) is 0. The Balaban J connectivity index is 1.80. The van der Waals surface area contributed by atoms with Crippen molar-refractivity contribution in [3.05, 3.63) is 0 Å². The van der Waals surface area contributed by atoms with Gasteiger partial charge >= 0.3 is 5.97 Å². The number of carbonyl (C=O) groups excluding carboxylic acids is 1. The smallest absolute Gasteiger partial charge is 0.314 e. The predicted octanol–water partition coefficient (Wildman–Crippen LogP) is 1.48. The molecule has 3 fully saturated rings. The number of carbonyl (C=O) groups is 1. The highest BCUT2D eigenvalue weighted by atomic mass is 16.7. The topological polar surface area (TPSA) is 44.8 Å². The Morgan fingerprint density at radius 1 is 1.25 bits per heavy atom. The van der Waals surface area contributed by atoms with Crippen LogP contribution in [-0.2, 0) is 19.0 Å². The largest absolute Gasteiger partial charge is 0.435 e. The first-order valence-corrected chi connectivity index (χ1v) is 5.99. The molecule has 3 aliphatic rings. The van der Waals surface area contributed by atoms with Gasteiger partial charge in [-0.3, -0.25) is 4.79 Å². The van der Waals surface area contributed by atoms with Crippen molar-refractivity contribution >= 4 is 5.97 Å². The minimum atomic E-state index is -0.409. The minimum absolute atomic E-state index is 0.0777. The molecular formula is C12H18O4. The van der Waals surface area contributed by atoms with Crippen LogP contribution in [0, 0.1) is 11.8 Å². The lowest BCUT2D eigenvalue weighted by Gasteiger charge is -2.28. The number of esters is 1. The first-order valence-electron chi connectivity index (χ1n) is 5.99. The van der Waals surface area contributed by atoms with Crippen LogP contribution in [0.25, 0.3) is 0 Å². The van der Waals surface area contributed by atoms with Crippen molar-refractivity contribution in [3.8, 4) is 0 Å². The lowest BCUT2D eigenvalue weighted by Crippen LogP contribution is -2.37. The molecule has 0 N–H and O–H groups in total. The van der Waals surface area contributed by atoms with Gasteiger partial charge in [0, 0.05) is 0 Å². The van der Waals surface area contributed by atoms with Crippen LogP contribution in [0.15, 0.2) is 0 Å². The van der Waals surface area contributed by atoms with Gasteiger partial charge < -0.3 is 14.2 Å². The van der Waals surface area contributed by atoms with Gasteiger partial charge in [0.1, 0.15) is 0 Å².